The highest BCUT2D eigenvalue weighted by Crippen LogP contribution is 2.38. The number of amides is 5. The zero-order valence-corrected chi connectivity index (χ0v) is 17.2. The van der Waals surface area contributed by atoms with E-state index in [1.165, 1.54) is 0 Å². The molecular weight excluding hydrogens is 408 g/mol. The summed E-state index contributed by atoms with van der Waals surface area (Å²) in [6.45, 7) is 4.78. The molecule has 164 valence electrons. The number of fused-ring (bicyclic) bond motifs is 1. The molecule has 0 bridgehead atoms. The van der Waals surface area contributed by atoms with Crippen LogP contribution in [0.3, 0.4) is 0 Å². The molecule has 3 N–H and O–H groups in total. The molecule has 11 nitrogen and oxygen atoms in total. The molecule has 4 rings (SSSR count). The topological polar surface area (TPSA) is 135 Å². The number of imide groups is 1. The predicted octanol–water partition coefficient (Wildman–Crippen LogP) is 0.701. The van der Waals surface area contributed by atoms with Crippen LogP contribution in [0, 0.1) is 0 Å². The van der Waals surface area contributed by atoms with E-state index in [1.54, 1.807) is 39.0 Å². The van der Waals surface area contributed by atoms with E-state index in [-0.39, 0.29) is 31.2 Å². The van der Waals surface area contributed by atoms with Crippen molar-refractivity contribution in [2.24, 2.45) is 0 Å². The van der Waals surface area contributed by atoms with Crippen LogP contribution in [-0.4, -0.2) is 54.8 Å². The smallest absolute Gasteiger partial charge is 0.337 e. The highest BCUT2D eigenvalue weighted by Gasteiger charge is 2.50. The number of nitrogens with zero attached hydrogens (tertiary/aromatic N) is 1. The Morgan fingerprint density at radius 3 is 2.74 bits per heavy atom. The summed E-state index contributed by atoms with van der Waals surface area (Å²) in [6.07, 6.45) is 0. The van der Waals surface area contributed by atoms with E-state index in [2.05, 4.69) is 16.0 Å². The minimum atomic E-state index is -1.36. The van der Waals surface area contributed by atoms with E-state index in [0.29, 0.717) is 17.1 Å². The maximum Gasteiger partial charge on any atom is 0.337 e. The van der Waals surface area contributed by atoms with E-state index in [1.807, 2.05) is 0 Å². The predicted molar refractivity (Wildman–Crippen MR) is 105 cm³/mol. The first-order valence-corrected chi connectivity index (χ1v) is 9.76. The molecule has 1 aromatic rings. The summed E-state index contributed by atoms with van der Waals surface area (Å²) in [6, 6.07) is 3.14. The van der Waals surface area contributed by atoms with Crippen LogP contribution in [0.2, 0.25) is 0 Å². The number of hydrogen-bond acceptors (Lipinski definition) is 7. The second-order valence-corrected chi connectivity index (χ2v) is 7.45. The van der Waals surface area contributed by atoms with Gasteiger partial charge in [0.25, 0.3) is 5.91 Å². The molecule has 1 fully saturated rings. The van der Waals surface area contributed by atoms with Gasteiger partial charge in [-0.3, -0.25) is 9.69 Å². The molecule has 0 unspecified atom stereocenters. The van der Waals surface area contributed by atoms with Crippen molar-refractivity contribution in [3.63, 3.8) is 0 Å². The molecule has 1 saturated heterocycles. The summed E-state index contributed by atoms with van der Waals surface area (Å²) in [7, 11) is 0. The Bertz CT molecular complexity index is 1020. The van der Waals surface area contributed by atoms with Gasteiger partial charge in [-0.2, -0.15) is 0 Å². The summed E-state index contributed by atoms with van der Waals surface area (Å²) in [5.41, 5.74) is -0.558. The van der Waals surface area contributed by atoms with Crippen molar-refractivity contribution in [2.75, 3.05) is 19.9 Å². The molecule has 0 saturated carbocycles. The summed E-state index contributed by atoms with van der Waals surface area (Å²) >= 11 is 0. The molecule has 2 atom stereocenters. The van der Waals surface area contributed by atoms with Crippen LogP contribution in [0.25, 0.3) is 0 Å². The minimum Gasteiger partial charge on any atom is -0.463 e. The minimum absolute atomic E-state index is 0.0820. The average Bonchev–Trinajstić information content (AvgIpc) is 3.26. The quantitative estimate of drug-likeness (QED) is 0.462. The van der Waals surface area contributed by atoms with Crippen molar-refractivity contribution in [1.29, 1.82) is 0 Å². The number of rotatable bonds is 5. The third kappa shape index (κ3) is 3.41. The molecule has 0 aromatic heterocycles. The van der Waals surface area contributed by atoms with Crippen molar-refractivity contribution in [3.8, 4) is 11.5 Å². The van der Waals surface area contributed by atoms with Crippen molar-refractivity contribution >= 4 is 23.9 Å². The number of esters is 1. The lowest BCUT2D eigenvalue weighted by Gasteiger charge is -2.28. The Kier molecular flexibility index (Phi) is 4.96. The fraction of sp³-hybridized carbons (Fsp3) is 0.400. The summed E-state index contributed by atoms with van der Waals surface area (Å²) in [5, 5.41) is 7.79. The van der Waals surface area contributed by atoms with Crippen LogP contribution in [0.15, 0.2) is 29.5 Å². The third-order valence-electron chi connectivity index (χ3n) is 5.41. The van der Waals surface area contributed by atoms with Gasteiger partial charge in [0, 0.05) is 0 Å². The first-order valence-electron chi connectivity index (χ1n) is 9.76. The molecule has 3 aliphatic heterocycles. The van der Waals surface area contributed by atoms with Gasteiger partial charge >= 0.3 is 18.0 Å². The Morgan fingerprint density at radius 1 is 1.26 bits per heavy atom. The van der Waals surface area contributed by atoms with E-state index in [4.69, 9.17) is 14.2 Å². The van der Waals surface area contributed by atoms with E-state index >= 15 is 0 Å². The average molecular weight is 430 g/mol. The van der Waals surface area contributed by atoms with Gasteiger partial charge < -0.3 is 30.2 Å². The highest BCUT2D eigenvalue weighted by atomic mass is 16.7. The number of nitrogens with one attached hydrogen (secondary N) is 3. The lowest BCUT2D eigenvalue weighted by Crippen LogP contribution is -2.52. The maximum atomic E-state index is 13.3. The van der Waals surface area contributed by atoms with E-state index < -0.39 is 35.5 Å². The Labute approximate surface area is 177 Å². The van der Waals surface area contributed by atoms with Crippen LogP contribution in [0.5, 0.6) is 11.5 Å². The molecule has 3 heterocycles. The fourth-order valence-corrected chi connectivity index (χ4v) is 3.81. The SMILES string of the molecule is CCOC(=O)C1=C(CN2C(=O)N[C@](C)(c3ccc4c(c3)OCO4)C2=O)NC(=O)N[C@@H]1C. The standard InChI is InChI=1S/C20H22N4O7/c1-4-29-16(25)15-10(2)21-18(27)22-12(15)8-24-17(26)20(3,23-19(24)28)11-5-6-13-14(7-11)31-9-30-13/h5-7,10H,4,8-9H2,1-3H3,(H,23,28)(H2,21,22,27)/t10-,20-/m1/s1. The number of hydrogen-bond donors (Lipinski definition) is 3. The maximum absolute atomic E-state index is 13.3. The van der Waals surface area contributed by atoms with Gasteiger partial charge in [0.2, 0.25) is 6.79 Å². The first-order chi connectivity index (χ1) is 14.7. The third-order valence-corrected chi connectivity index (χ3v) is 5.41. The molecule has 31 heavy (non-hydrogen) atoms. The second kappa shape index (κ2) is 7.49. The van der Waals surface area contributed by atoms with Gasteiger partial charge in [-0.1, -0.05) is 6.07 Å². The molecule has 0 spiro atoms. The fourth-order valence-electron chi connectivity index (χ4n) is 3.81. The molecule has 5 amide bonds. The Morgan fingerprint density at radius 2 is 2.00 bits per heavy atom. The Hall–Kier alpha value is -3.76. The summed E-state index contributed by atoms with van der Waals surface area (Å²) in [5.74, 6) is -0.141. The molecular formula is C20H22N4O7. The van der Waals surface area contributed by atoms with Crippen molar-refractivity contribution < 1.29 is 33.4 Å². The zero-order chi connectivity index (χ0) is 22.3. The molecule has 3 aliphatic rings. The number of ether oxygens (including phenoxy) is 3. The number of carbonyl (C=O) groups excluding carboxylic acids is 4. The van der Waals surface area contributed by atoms with Gasteiger partial charge in [-0.15, -0.1) is 0 Å². The van der Waals surface area contributed by atoms with Gasteiger partial charge in [0.1, 0.15) is 5.54 Å². The van der Waals surface area contributed by atoms with Gasteiger partial charge in [0.05, 0.1) is 30.5 Å². The van der Waals surface area contributed by atoms with Crippen LogP contribution in [0.4, 0.5) is 9.59 Å². The molecule has 0 radical (unpaired) electrons. The largest absolute Gasteiger partial charge is 0.463 e. The van der Waals surface area contributed by atoms with Crippen molar-refractivity contribution in [3.05, 3.63) is 35.0 Å². The summed E-state index contributed by atoms with van der Waals surface area (Å²) < 4.78 is 15.7. The van der Waals surface area contributed by atoms with Crippen molar-refractivity contribution in [1.82, 2.24) is 20.9 Å². The number of urea groups is 2. The van der Waals surface area contributed by atoms with E-state index in [0.717, 1.165) is 4.90 Å². The number of carbonyl (C=O) groups is 4. The zero-order valence-electron chi connectivity index (χ0n) is 17.2. The second-order valence-electron chi connectivity index (χ2n) is 7.45. The molecule has 11 heteroatoms. The summed E-state index contributed by atoms with van der Waals surface area (Å²) in [4.78, 5) is 51.3. The molecule has 1 aromatic carbocycles. The number of benzene rings is 1. The first kappa shape index (κ1) is 20.5. The van der Waals surface area contributed by atoms with E-state index in [9.17, 15) is 19.2 Å². The van der Waals surface area contributed by atoms with Crippen LogP contribution < -0.4 is 25.4 Å². The lowest BCUT2D eigenvalue weighted by molar-refractivity contribution is -0.139. The lowest BCUT2D eigenvalue weighted by atomic mass is 9.91. The van der Waals surface area contributed by atoms with Crippen LogP contribution >= 0.6 is 0 Å². The van der Waals surface area contributed by atoms with Crippen LogP contribution in [-0.2, 0) is 19.9 Å². The van der Waals surface area contributed by atoms with Gasteiger partial charge in [-0.25, -0.2) is 14.4 Å². The van der Waals surface area contributed by atoms with Crippen LogP contribution in [0.1, 0.15) is 26.3 Å². The van der Waals surface area contributed by atoms with Gasteiger partial charge in [-0.05, 0) is 38.5 Å². The van der Waals surface area contributed by atoms with Gasteiger partial charge in [0.15, 0.2) is 11.5 Å². The molecule has 0 aliphatic carbocycles. The normalized spacial score (nSPS) is 24.7. The highest BCUT2D eigenvalue weighted by molar-refractivity contribution is 6.07. The monoisotopic (exact) mass is 430 g/mol. The van der Waals surface area contributed by atoms with Crippen molar-refractivity contribution in [2.45, 2.75) is 32.4 Å². The Balaban J connectivity index is 1.65.